The van der Waals surface area contributed by atoms with Gasteiger partial charge in [0.1, 0.15) is 0 Å². The van der Waals surface area contributed by atoms with Crippen LogP contribution in [-0.4, -0.2) is 30.3 Å². The van der Waals surface area contributed by atoms with E-state index in [9.17, 15) is 4.79 Å². The number of carbonyl (C=O) groups excluding carboxylic acids is 1. The summed E-state index contributed by atoms with van der Waals surface area (Å²) in [6.07, 6.45) is 2.33. The molecule has 120 valence electrons. The Bertz CT molecular complexity index is 714. The van der Waals surface area contributed by atoms with E-state index in [1.807, 2.05) is 36.4 Å². The maximum absolute atomic E-state index is 12.2. The number of hydrogen-bond donors (Lipinski definition) is 3. The lowest BCUT2D eigenvalue weighted by Gasteiger charge is -2.14. The molecule has 1 amide bonds. The lowest BCUT2D eigenvalue weighted by Crippen LogP contribution is -2.48. The number of nitrogens with one attached hydrogen (secondary N) is 3. The Morgan fingerprint density at radius 2 is 2.00 bits per heavy atom. The zero-order valence-electron chi connectivity index (χ0n) is 12.7. The van der Waals surface area contributed by atoms with Gasteiger partial charge in [-0.05, 0) is 48.0 Å². The van der Waals surface area contributed by atoms with E-state index in [4.69, 9.17) is 17.0 Å². The third-order valence-electron chi connectivity index (χ3n) is 3.82. The average molecular weight is 329 g/mol. The Kier molecular flexibility index (Phi) is 5.05. The van der Waals surface area contributed by atoms with Crippen molar-refractivity contribution >= 4 is 34.0 Å². The van der Waals surface area contributed by atoms with Crippen molar-refractivity contribution < 1.29 is 9.53 Å². The van der Waals surface area contributed by atoms with Crippen molar-refractivity contribution in [2.24, 2.45) is 0 Å². The molecule has 23 heavy (non-hydrogen) atoms. The zero-order valence-corrected chi connectivity index (χ0v) is 13.5. The van der Waals surface area contributed by atoms with Gasteiger partial charge in [0.25, 0.3) is 5.91 Å². The van der Waals surface area contributed by atoms with Crippen molar-refractivity contribution in [1.29, 1.82) is 0 Å². The van der Waals surface area contributed by atoms with Crippen LogP contribution in [0.4, 0.5) is 0 Å². The van der Waals surface area contributed by atoms with Crippen molar-refractivity contribution in [3.63, 3.8) is 0 Å². The Hall–Kier alpha value is -2.18. The Labute approximate surface area is 140 Å². The summed E-state index contributed by atoms with van der Waals surface area (Å²) < 4.78 is 5.50. The Balaban J connectivity index is 1.50. The van der Waals surface area contributed by atoms with Gasteiger partial charge in [0.05, 0.1) is 6.10 Å². The highest BCUT2D eigenvalue weighted by atomic mass is 32.1. The standard InChI is InChI=1S/C17H19N3O2S/c21-16(14-8-7-12-4-1-2-5-13(12)10-14)19-20-17(23)18-11-15-6-3-9-22-15/h1-2,4-5,7-8,10,15H,3,6,9,11H2,(H,19,21)(H2,18,20,23)/t15-/m1/s1. The van der Waals surface area contributed by atoms with E-state index in [0.29, 0.717) is 17.2 Å². The zero-order chi connectivity index (χ0) is 16.1. The number of ether oxygens (including phenoxy) is 1. The first-order chi connectivity index (χ1) is 11.2. The molecule has 0 bridgehead atoms. The van der Waals surface area contributed by atoms with Gasteiger partial charge >= 0.3 is 0 Å². The van der Waals surface area contributed by atoms with Crippen molar-refractivity contribution in [3.05, 3.63) is 48.0 Å². The van der Waals surface area contributed by atoms with Gasteiger partial charge in [0, 0.05) is 18.7 Å². The fraction of sp³-hybridized carbons (Fsp3) is 0.294. The highest BCUT2D eigenvalue weighted by Gasteiger charge is 2.15. The van der Waals surface area contributed by atoms with Gasteiger partial charge in [-0.15, -0.1) is 0 Å². The Morgan fingerprint density at radius 3 is 2.78 bits per heavy atom. The second-order valence-electron chi connectivity index (χ2n) is 5.49. The van der Waals surface area contributed by atoms with Crippen LogP contribution in [0, 0.1) is 0 Å². The average Bonchev–Trinajstić information content (AvgIpc) is 3.11. The van der Waals surface area contributed by atoms with Crippen molar-refractivity contribution in [2.45, 2.75) is 18.9 Å². The molecule has 1 heterocycles. The van der Waals surface area contributed by atoms with Gasteiger partial charge in [-0.3, -0.25) is 15.6 Å². The van der Waals surface area contributed by atoms with Crippen LogP contribution in [0.3, 0.4) is 0 Å². The number of thiocarbonyl (C=S) groups is 1. The summed E-state index contributed by atoms with van der Waals surface area (Å²) >= 11 is 5.14. The third-order valence-corrected chi connectivity index (χ3v) is 4.06. The van der Waals surface area contributed by atoms with Crippen LogP contribution >= 0.6 is 12.2 Å². The van der Waals surface area contributed by atoms with E-state index >= 15 is 0 Å². The number of rotatable bonds is 3. The molecule has 3 N–H and O–H groups in total. The van der Waals surface area contributed by atoms with E-state index in [1.54, 1.807) is 6.07 Å². The fourth-order valence-electron chi connectivity index (χ4n) is 2.57. The molecule has 2 aromatic carbocycles. The molecule has 1 fully saturated rings. The number of benzene rings is 2. The molecule has 0 saturated carbocycles. The first kappa shape index (κ1) is 15.7. The summed E-state index contributed by atoms with van der Waals surface area (Å²) in [5.41, 5.74) is 5.91. The lowest BCUT2D eigenvalue weighted by atomic mass is 10.1. The van der Waals surface area contributed by atoms with Crippen molar-refractivity contribution in [1.82, 2.24) is 16.2 Å². The smallest absolute Gasteiger partial charge is 0.269 e. The first-order valence-corrected chi connectivity index (χ1v) is 8.08. The largest absolute Gasteiger partial charge is 0.376 e. The lowest BCUT2D eigenvalue weighted by molar-refractivity contribution is 0.0943. The molecule has 1 aliphatic rings. The van der Waals surface area contributed by atoms with Gasteiger partial charge in [-0.2, -0.15) is 0 Å². The molecule has 0 spiro atoms. The van der Waals surface area contributed by atoms with E-state index in [-0.39, 0.29) is 12.0 Å². The van der Waals surface area contributed by atoms with Crippen LogP contribution in [-0.2, 0) is 4.74 Å². The summed E-state index contributed by atoms with van der Waals surface area (Å²) in [4.78, 5) is 12.2. The molecule has 0 radical (unpaired) electrons. The predicted molar refractivity (Wildman–Crippen MR) is 94.1 cm³/mol. The van der Waals surface area contributed by atoms with E-state index in [2.05, 4.69) is 16.2 Å². The van der Waals surface area contributed by atoms with Crippen LogP contribution in [0.5, 0.6) is 0 Å². The monoisotopic (exact) mass is 329 g/mol. The molecular weight excluding hydrogens is 310 g/mol. The molecular formula is C17H19N3O2S. The van der Waals surface area contributed by atoms with Crippen molar-refractivity contribution in [2.75, 3.05) is 13.2 Å². The van der Waals surface area contributed by atoms with Crippen LogP contribution in [0.15, 0.2) is 42.5 Å². The highest BCUT2D eigenvalue weighted by molar-refractivity contribution is 7.80. The van der Waals surface area contributed by atoms with E-state index in [1.165, 1.54) is 0 Å². The Morgan fingerprint density at radius 1 is 1.17 bits per heavy atom. The van der Waals surface area contributed by atoms with Crippen LogP contribution in [0.1, 0.15) is 23.2 Å². The maximum atomic E-state index is 12.2. The quantitative estimate of drug-likeness (QED) is 0.595. The van der Waals surface area contributed by atoms with Gasteiger partial charge in [0.15, 0.2) is 5.11 Å². The van der Waals surface area contributed by atoms with Crippen LogP contribution in [0.25, 0.3) is 10.8 Å². The second-order valence-corrected chi connectivity index (χ2v) is 5.89. The molecule has 6 heteroatoms. The van der Waals surface area contributed by atoms with E-state index in [0.717, 1.165) is 30.2 Å². The van der Waals surface area contributed by atoms with Gasteiger partial charge in [-0.1, -0.05) is 30.3 Å². The molecule has 1 atom stereocenters. The summed E-state index contributed by atoms with van der Waals surface area (Å²) in [5.74, 6) is -0.225. The molecule has 3 rings (SSSR count). The number of hydrazine groups is 1. The topological polar surface area (TPSA) is 62.4 Å². The minimum absolute atomic E-state index is 0.200. The summed E-state index contributed by atoms with van der Waals surface area (Å²) in [5, 5.41) is 5.56. The number of fused-ring (bicyclic) bond motifs is 1. The highest BCUT2D eigenvalue weighted by Crippen LogP contribution is 2.15. The molecule has 5 nitrogen and oxygen atoms in total. The first-order valence-electron chi connectivity index (χ1n) is 7.67. The minimum Gasteiger partial charge on any atom is -0.376 e. The number of amides is 1. The van der Waals surface area contributed by atoms with Gasteiger partial charge in [0.2, 0.25) is 0 Å². The molecule has 0 aromatic heterocycles. The summed E-state index contributed by atoms with van der Waals surface area (Å²) in [6, 6.07) is 13.5. The minimum atomic E-state index is -0.225. The molecule has 0 aliphatic carbocycles. The maximum Gasteiger partial charge on any atom is 0.269 e. The second kappa shape index (κ2) is 7.39. The van der Waals surface area contributed by atoms with Crippen molar-refractivity contribution in [3.8, 4) is 0 Å². The van der Waals surface area contributed by atoms with Gasteiger partial charge in [-0.25, -0.2) is 0 Å². The summed E-state index contributed by atoms with van der Waals surface area (Å²) in [6.45, 7) is 1.46. The number of hydrogen-bond acceptors (Lipinski definition) is 3. The third kappa shape index (κ3) is 4.18. The van der Waals surface area contributed by atoms with E-state index < -0.39 is 0 Å². The molecule has 0 unspecified atom stereocenters. The molecule has 1 aliphatic heterocycles. The molecule has 1 saturated heterocycles. The van der Waals surface area contributed by atoms with Crippen LogP contribution in [0.2, 0.25) is 0 Å². The number of carbonyl (C=O) groups is 1. The predicted octanol–water partition coefficient (Wildman–Crippen LogP) is 2.13. The summed E-state index contributed by atoms with van der Waals surface area (Å²) in [7, 11) is 0. The van der Waals surface area contributed by atoms with Crippen LogP contribution < -0.4 is 16.2 Å². The fourth-order valence-corrected chi connectivity index (χ4v) is 2.71. The van der Waals surface area contributed by atoms with Gasteiger partial charge < -0.3 is 10.1 Å². The molecule has 2 aromatic rings. The normalized spacial score (nSPS) is 17.0. The SMILES string of the molecule is O=C(NNC(=S)NC[C@H]1CCCO1)c1ccc2ccccc2c1.